The number of piperidine rings is 1. The Labute approximate surface area is 170 Å². The van der Waals surface area contributed by atoms with Crippen LogP contribution in [-0.2, 0) is 14.3 Å². The molecule has 0 spiro atoms. The third-order valence-electron chi connectivity index (χ3n) is 6.05. The molecule has 2 aromatic carbocycles. The molecule has 1 atom stereocenters. The Morgan fingerprint density at radius 2 is 1.72 bits per heavy atom. The van der Waals surface area contributed by atoms with Crippen molar-refractivity contribution in [2.24, 2.45) is 5.41 Å². The molecule has 152 valence electrons. The molecule has 2 aromatic rings. The van der Waals surface area contributed by atoms with Gasteiger partial charge in [0, 0.05) is 26.1 Å². The number of nitrogens with zero attached hydrogens (tertiary/aromatic N) is 1. The molecule has 4 rings (SSSR count). The van der Waals surface area contributed by atoms with Crippen LogP contribution in [0.2, 0.25) is 0 Å². The normalized spacial score (nSPS) is 20.8. The van der Waals surface area contributed by atoms with Gasteiger partial charge in [-0.1, -0.05) is 48.5 Å². The summed E-state index contributed by atoms with van der Waals surface area (Å²) in [6.07, 6.45) is 0.636. The van der Waals surface area contributed by atoms with Crippen LogP contribution in [0, 0.1) is 5.41 Å². The first-order valence-corrected chi connectivity index (χ1v) is 9.88. The van der Waals surface area contributed by atoms with Crippen LogP contribution < -0.4 is 0 Å². The number of carboxylic acids is 1. The van der Waals surface area contributed by atoms with Crippen molar-refractivity contribution in [3.63, 3.8) is 0 Å². The number of fused-ring (bicyclic) bond motifs is 3. The second-order valence-electron chi connectivity index (χ2n) is 7.85. The predicted molar refractivity (Wildman–Crippen MR) is 108 cm³/mol. The number of carboxylic acid groups (broad SMARTS) is 1. The summed E-state index contributed by atoms with van der Waals surface area (Å²) in [7, 11) is 1.48. The van der Waals surface area contributed by atoms with E-state index in [2.05, 4.69) is 24.3 Å². The van der Waals surface area contributed by atoms with E-state index in [0.717, 1.165) is 11.1 Å². The van der Waals surface area contributed by atoms with E-state index in [-0.39, 0.29) is 25.7 Å². The van der Waals surface area contributed by atoms with Crippen molar-refractivity contribution in [2.45, 2.75) is 18.8 Å². The van der Waals surface area contributed by atoms with Crippen LogP contribution >= 0.6 is 0 Å². The average molecular weight is 395 g/mol. The van der Waals surface area contributed by atoms with Crippen LogP contribution in [0.5, 0.6) is 0 Å². The zero-order valence-corrected chi connectivity index (χ0v) is 16.5. The first-order valence-electron chi connectivity index (χ1n) is 9.88. The lowest BCUT2D eigenvalue weighted by molar-refractivity contribution is -0.156. The van der Waals surface area contributed by atoms with Gasteiger partial charge in [-0.3, -0.25) is 4.79 Å². The van der Waals surface area contributed by atoms with Gasteiger partial charge < -0.3 is 19.5 Å². The number of rotatable bonds is 5. The van der Waals surface area contributed by atoms with Gasteiger partial charge in [0.1, 0.15) is 12.0 Å². The number of hydrogen-bond donors (Lipinski definition) is 1. The molecule has 1 fully saturated rings. The molecule has 6 nitrogen and oxygen atoms in total. The molecule has 1 heterocycles. The largest absolute Gasteiger partial charge is 0.481 e. The topological polar surface area (TPSA) is 76.1 Å². The molecule has 0 bridgehead atoms. The lowest BCUT2D eigenvalue weighted by Crippen LogP contribution is -2.52. The van der Waals surface area contributed by atoms with Crippen LogP contribution in [0.4, 0.5) is 4.79 Å². The minimum Gasteiger partial charge on any atom is -0.481 e. The first kappa shape index (κ1) is 19.5. The Morgan fingerprint density at radius 3 is 2.31 bits per heavy atom. The van der Waals surface area contributed by atoms with Crippen molar-refractivity contribution < 1.29 is 24.2 Å². The number of benzene rings is 2. The fraction of sp³-hybridized carbons (Fsp3) is 0.391. The molecule has 0 saturated carbocycles. The van der Waals surface area contributed by atoms with E-state index >= 15 is 0 Å². The van der Waals surface area contributed by atoms with E-state index in [0.29, 0.717) is 19.4 Å². The molecule has 1 saturated heterocycles. The number of aliphatic carboxylic acids is 1. The fourth-order valence-electron chi connectivity index (χ4n) is 4.60. The highest BCUT2D eigenvalue weighted by molar-refractivity contribution is 5.79. The Balaban J connectivity index is 1.48. The zero-order chi connectivity index (χ0) is 20.4. The summed E-state index contributed by atoms with van der Waals surface area (Å²) in [5, 5.41) is 9.68. The number of carbonyl (C=O) groups excluding carboxylic acids is 1. The third-order valence-corrected chi connectivity index (χ3v) is 6.05. The summed E-state index contributed by atoms with van der Waals surface area (Å²) in [6, 6.07) is 16.3. The summed E-state index contributed by atoms with van der Waals surface area (Å²) < 4.78 is 10.8. The maximum Gasteiger partial charge on any atom is 0.409 e. The number of hydrogen-bond acceptors (Lipinski definition) is 4. The first-order chi connectivity index (χ1) is 14.1. The lowest BCUT2D eigenvalue weighted by atomic mass is 9.81. The third kappa shape index (κ3) is 3.49. The Bertz CT molecular complexity index is 877. The summed E-state index contributed by atoms with van der Waals surface area (Å²) >= 11 is 0. The van der Waals surface area contributed by atoms with E-state index in [1.165, 1.54) is 23.1 Å². The number of likely N-dealkylation sites (tertiary alicyclic amines) is 1. The number of methoxy groups -OCH3 is 1. The lowest BCUT2D eigenvalue weighted by Gasteiger charge is -2.38. The minimum atomic E-state index is -1.07. The monoisotopic (exact) mass is 395 g/mol. The van der Waals surface area contributed by atoms with Gasteiger partial charge in [-0.2, -0.15) is 0 Å². The van der Waals surface area contributed by atoms with Crippen molar-refractivity contribution in [3.05, 3.63) is 59.7 Å². The average Bonchev–Trinajstić information content (AvgIpc) is 3.06. The zero-order valence-electron chi connectivity index (χ0n) is 16.5. The highest BCUT2D eigenvalue weighted by Crippen LogP contribution is 2.44. The Morgan fingerprint density at radius 1 is 1.10 bits per heavy atom. The van der Waals surface area contributed by atoms with Crippen molar-refractivity contribution >= 4 is 12.1 Å². The number of ether oxygens (including phenoxy) is 2. The van der Waals surface area contributed by atoms with Crippen molar-refractivity contribution in [2.75, 3.05) is 33.4 Å². The molecule has 0 radical (unpaired) electrons. The highest BCUT2D eigenvalue weighted by atomic mass is 16.6. The van der Waals surface area contributed by atoms with Crippen LogP contribution in [0.3, 0.4) is 0 Å². The van der Waals surface area contributed by atoms with Crippen molar-refractivity contribution in [3.8, 4) is 11.1 Å². The maximum atomic E-state index is 12.8. The second-order valence-corrected chi connectivity index (χ2v) is 7.85. The van der Waals surface area contributed by atoms with Gasteiger partial charge in [0.2, 0.25) is 0 Å². The Kier molecular flexibility index (Phi) is 5.28. The van der Waals surface area contributed by atoms with Crippen molar-refractivity contribution in [1.82, 2.24) is 4.90 Å². The standard InChI is InChI=1S/C23H25NO5/c1-28-15-23(21(25)26)11-6-12-24(14-23)22(27)29-13-20-18-9-4-2-7-16(18)17-8-3-5-10-19(17)20/h2-5,7-10,20H,6,11-15H2,1H3,(H,25,26). The number of amides is 1. The van der Waals surface area contributed by atoms with Crippen LogP contribution in [-0.4, -0.2) is 55.5 Å². The molecule has 1 N–H and O–H groups in total. The van der Waals surface area contributed by atoms with Crippen molar-refractivity contribution in [1.29, 1.82) is 0 Å². The Hall–Kier alpha value is -2.86. The molecule has 29 heavy (non-hydrogen) atoms. The molecular weight excluding hydrogens is 370 g/mol. The van der Waals surface area contributed by atoms with Gasteiger partial charge in [-0.15, -0.1) is 0 Å². The van der Waals surface area contributed by atoms with E-state index in [1.807, 2.05) is 24.3 Å². The number of carbonyl (C=O) groups is 2. The van der Waals surface area contributed by atoms with Gasteiger partial charge in [-0.25, -0.2) is 4.79 Å². The van der Waals surface area contributed by atoms with Gasteiger partial charge in [0.15, 0.2) is 0 Å². The highest BCUT2D eigenvalue weighted by Gasteiger charge is 2.44. The molecule has 0 aromatic heterocycles. The minimum absolute atomic E-state index is 0.0145. The molecule has 6 heteroatoms. The van der Waals surface area contributed by atoms with Gasteiger partial charge >= 0.3 is 12.1 Å². The molecule has 1 unspecified atom stereocenters. The molecule has 1 amide bonds. The smallest absolute Gasteiger partial charge is 0.409 e. The van der Waals surface area contributed by atoms with Crippen LogP contribution in [0.15, 0.2) is 48.5 Å². The van der Waals surface area contributed by atoms with Crippen LogP contribution in [0.1, 0.15) is 29.9 Å². The van der Waals surface area contributed by atoms with E-state index in [4.69, 9.17) is 9.47 Å². The van der Waals surface area contributed by atoms with E-state index in [1.54, 1.807) is 0 Å². The van der Waals surface area contributed by atoms with Gasteiger partial charge in [-0.05, 0) is 35.1 Å². The molecule has 1 aliphatic carbocycles. The maximum absolute atomic E-state index is 12.8. The molecular formula is C23H25NO5. The van der Waals surface area contributed by atoms with Gasteiger partial charge in [0.25, 0.3) is 0 Å². The van der Waals surface area contributed by atoms with Crippen LogP contribution in [0.25, 0.3) is 11.1 Å². The molecule has 2 aliphatic rings. The molecule has 1 aliphatic heterocycles. The quantitative estimate of drug-likeness (QED) is 0.834. The summed E-state index contributed by atoms with van der Waals surface area (Å²) in [5.41, 5.74) is 3.58. The summed E-state index contributed by atoms with van der Waals surface area (Å²) in [6.45, 7) is 0.908. The fourth-order valence-corrected chi connectivity index (χ4v) is 4.60. The van der Waals surface area contributed by atoms with E-state index in [9.17, 15) is 14.7 Å². The summed E-state index contributed by atoms with van der Waals surface area (Å²) in [5.74, 6) is -0.949. The predicted octanol–water partition coefficient (Wildman–Crippen LogP) is 3.75. The van der Waals surface area contributed by atoms with E-state index < -0.39 is 17.5 Å². The van der Waals surface area contributed by atoms with Gasteiger partial charge in [0.05, 0.1) is 6.61 Å². The second kappa shape index (κ2) is 7.87. The summed E-state index contributed by atoms with van der Waals surface area (Å²) in [4.78, 5) is 26.1. The SMILES string of the molecule is COCC1(C(=O)O)CCCN(C(=O)OCC2c3ccccc3-c3ccccc32)C1.